The Morgan fingerprint density at radius 2 is 2.13 bits per heavy atom. The van der Waals surface area contributed by atoms with Gasteiger partial charge in [-0.3, -0.25) is 0 Å². The zero-order valence-electron chi connectivity index (χ0n) is 8.11. The molecule has 0 spiro atoms. The summed E-state index contributed by atoms with van der Waals surface area (Å²) in [7, 11) is 0. The van der Waals surface area contributed by atoms with Crippen LogP contribution in [0.2, 0.25) is 0 Å². The quantitative estimate of drug-likeness (QED) is 0.866. The summed E-state index contributed by atoms with van der Waals surface area (Å²) in [4.78, 5) is 5.05. The van der Waals surface area contributed by atoms with Gasteiger partial charge in [0.25, 0.3) is 0 Å². The predicted molar refractivity (Wildman–Crippen MR) is 60.3 cm³/mol. The summed E-state index contributed by atoms with van der Waals surface area (Å²) < 4.78 is 13.4. The van der Waals surface area contributed by atoms with Gasteiger partial charge in [-0.15, -0.1) is 11.3 Å². The number of halogens is 1. The maximum Gasteiger partial charge on any atom is 0.131 e. The summed E-state index contributed by atoms with van der Waals surface area (Å²) >= 11 is 1.49. The molecule has 0 unspecified atom stereocenters. The van der Waals surface area contributed by atoms with Crippen molar-refractivity contribution in [3.05, 3.63) is 41.3 Å². The van der Waals surface area contributed by atoms with Crippen molar-refractivity contribution in [3.63, 3.8) is 0 Å². The topological polar surface area (TPSA) is 38.9 Å². The zero-order chi connectivity index (χ0) is 10.7. The Balaban J connectivity index is 2.33. The third kappa shape index (κ3) is 2.22. The normalized spacial score (nSPS) is 10.5. The highest BCUT2D eigenvalue weighted by Crippen LogP contribution is 2.28. The van der Waals surface area contributed by atoms with Crippen LogP contribution in [-0.2, 0) is 6.42 Å². The highest BCUT2D eigenvalue weighted by atomic mass is 32.1. The van der Waals surface area contributed by atoms with E-state index in [9.17, 15) is 4.39 Å². The van der Waals surface area contributed by atoms with E-state index in [0.717, 1.165) is 16.3 Å². The number of benzene rings is 1. The van der Waals surface area contributed by atoms with Crippen LogP contribution in [0.25, 0.3) is 10.4 Å². The summed E-state index contributed by atoms with van der Waals surface area (Å²) in [5.74, 6) is -0.208. The van der Waals surface area contributed by atoms with Gasteiger partial charge in [0.1, 0.15) is 5.82 Å². The minimum absolute atomic E-state index is 0.208. The molecule has 15 heavy (non-hydrogen) atoms. The van der Waals surface area contributed by atoms with Gasteiger partial charge in [-0.2, -0.15) is 0 Å². The molecule has 0 atom stereocenters. The molecular formula is C11H11FN2S. The lowest BCUT2D eigenvalue weighted by atomic mass is 10.2. The maximum absolute atomic E-state index is 13.4. The SMILES string of the molecule is NCCc1ncc(-c2ccccc2F)s1. The number of aromatic nitrogens is 1. The largest absolute Gasteiger partial charge is 0.330 e. The Labute approximate surface area is 91.6 Å². The number of thiazole rings is 1. The van der Waals surface area contributed by atoms with Crippen molar-refractivity contribution in [3.8, 4) is 10.4 Å². The van der Waals surface area contributed by atoms with Crippen LogP contribution in [0.4, 0.5) is 4.39 Å². The molecular weight excluding hydrogens is 211 g/mol. The smallest absolute Gasteiger partial charge is 0.131 e. The second kappa shape index (κ2) is 4.51. The number of nitrogens with two attached hydrogens (primary N) is 1. The van der Waals surface area contributed by atoms with E-state index < -0.39 is 0 Å². The summed E-state index contributed by atoms with van der Waals surface area (Å²) in [6.45, 7) is 0.574. The first-order chi connectivity index (χ1) is 7.31. The van der Waals surface area contributed by atoms with Crippen LogP contribution in [0, 0.1) is 5.82 Å². The summed E-state index contributed by atoms with van der Waals surface area (Å²) in [6, 6.07) is 6.72. The molecule has 2 N–H and O–H groups in total. The first-order valence-corrected chi connectivity index (χ1v) is 5.52. The summed E-state index contributed by atoms with van der Waals surface area (Å²) in [6.07, 6.45) is 2.45. The van der Waals surface area contributed by atoms with E-state index in [2.05, 4.69) is 4.98 Å². The van der Waals surface area contributed by atoms with E-state index >= 15 is 0 Å². The fourth-order valence-corrected chi connectivity index (χ4v) is 2.29. The highest BCUT2D eigenvalue weighted by molar-refractivity contribution is 7.15. The first-order valence-electron chi connectivity index (χ1n) is 4.71. The molecule has 0 radical (unpaired) electrons. The molecule has 4 heteroatoms. The third-order valence-corrected chi connectivity index (χ3v) is 3.14. The van der Waals surface area contributed by atoms with Crippen LogP contribution in [0.5, 0.6) is 0 Å². The van der Waals surface area contributed by atoms with E-state index in [-0.39, 0.29) is 5.82 Å². The van der Waals surface area contributed by atoms with E-state index in [1.165, 1.54) is 17.4 Å². The van der Waals surface area contributed by atoms with Gasteiger partial charge >= 0.3 is 0 Å². The average Bonchev–Trinajstić information content (AvgIpc) is 2.68. The second-order valence-electron chi connectivity index (χ2n) is 3.14. The molecule has 78 valence electrons. The molecule has 0 aliphatic rings. The molecule has 0 saturated carbocycles. The van der Waals surface area contributed by atoms with Crippen LogP contribution in [-0.4, -0.2) is 11.5 Å². The van der Waals surface area contributed by atoms with Crippen molar-refractivity contribution >= 4 is 11.3 Å². The monoisotopic (exact) mass is 222 g/mol. The van der Waals surface area contributed by atoms with Crippen molar-refractivity contribution < 1.29 is 4.39 Å². The molecule has 2 rings (SSSR count). The first kappa shape index (κ1) is 10.3. The molecule has 0 aliphatic heterocycles. The Morgan fingerprint density at radius 3 is 2.87 bits per heavy atom. The predicted octanol–water partition coefficient (Wildman–Crippen LogP) is 2.45. The molecule has 1 aromatic carbocycles. The molecule has 2 nitrogen and oxygen atoms in total. The van der Waals surface area contributed by atoms with Gasteiger partial charge in [0.2, 0.25) is 0 Å². The summed E-state index contributed by atoms with van der Waals surface area (Å²) in [5, 5.41) is 0.954. The van der Waals surface area contributed by atoms with E-state index in [1.807, 2.05) is 6.07 Å². The highest BCUT2D eigenvalue weighted by Gasteiger charge is 2.07. The lowest BCUT2D eigenvalue weighted by molar-refractivity contribution is 0.631. The number of nitrogens with zero attached hydrogens (tertiary/aromatic N) is 1. The van der Waals surface area contributed by atoms with E-state index in [1.54, 1.807) is 18.3 Å². The molecule has 2 aromatic rings. The lowest BCUT2D eigenvalue weighted by Crippen LogP contribution is -2.01. The Kier molecular flexibility index (Phi) is 3.08. The minimum Gasteiger partial charge on any atom is -0.330 e. The fourth-order valence-electron chi connectivity index (χ4n) is 1.33. The van der Waals surface area contributed by atoms with Gasteiger partial charge < -0.3 is 5.73 Å². The number of hydrogen-bond acceptors (Lipinski definition) is 3. The molecule has 1 heterocycles. The number of hydrogen-bond donors (Lipinski definition) is 1. The van der Waals surface area contributed by atoms with Crippen molar-refractivity contribution in [2.24, 2.45) is 5.73 Å². The molecule has 1 aromatic heterocycles. The minimum atomic E-state index is -0.208. The van der Waals surface area contributed by atoms with Crippen molar-refractivity contribution in [2.45, 2.75) is 6.42 Å². The van der Waals surface area contributed by atoms with Gasteiger partial charge in [0, 0.05) is 18.2 Å². The van der Waals surface area contributed by atoms with Crippen LogP contribution >= 0.6 is 11.3 Å². The molecule has 0 fully saturated rings. The van der Waals surface area contributed by atoms with Crippen molar-refractivity contribution in [2.75, 3.05) is 6.54 Å². The van der Waals surface area contributed by atoms with Crippen LogP contribution in [0.15, 0.2) is 30.5 Å². The Hall–Kier alpha value is -1.26. The van der Waals surface area contributed by atoms with Crippen LogP contribution < -0.4 is 5.73 Å². The molecule has 0 bridgehead atoms. The van der Waals surface area contributed by atoms with Gasteiger partial charge in [-0.05, 0) is 12.6 Å². The maximum atomic E-state index is 13.4. The van der Waals surface area contributed by atoms with Gasteiger partial charge in [0.05, 0.1) is 9.88 Å². The average molecular weight is 222 g/mol. The Bertz CT molecular complexity index is 453. The van der Waals surface area contributed by atoms with E-state index in [4.69, 9.17) is 5.73 Å². The third-order valence-electron chi connectivity index (χ3n) is 2.05. The second-order valence-corrected chi connectivity index (χ2v) is 4.25. The molecule has 0 aliphatic carbocycles. The fraction of sp³-hybridized carbons (Fsp3) is 0.182. The van der Waals surface area contributed by atoms with Gasteiger partial charge in [-0.1, -0.05) is 18.2 Å². The van der Waals surface area contributed by atoms with Gasteiger partial charge in [0.15, 0.2) is 0 Å². The molecule has 0 amide bonds. The molecule has 0 saturated heterocycles. The van der Waals surface area contributed by atoms with Crippen molar-refractivity contribution in [1.82, 2.24) is 4.98 Å². The van der Waals surface area contributed by atoms with Crippen molar-refractivity contribution in [1.29, 1.82) is 0 Å². The van der Waals surface area contributed by atoms with Crippen LogP contribution in [0.3, 0.4) is 0 Å². The lowest BCUT2D eigenvalue weighted by Gasteiger charge is -1.97. The number of rotatable bonds is 3. The Morgan fingerprint density at radius 1 is 1.33 bits per heavy atom. The zero-order valence-corrected chi connectivity index (χ0v) is 8.93. The standard InChI is InChI=1S/C11H11FN2S/c12-9-4-2-1-3-8(9)10-7-14-11(15-10)5-6-13/h1-4,7H,5-6,13H2. The van der Waals surface area contributed by atoms with E-state index in [0.29, 0.717) is 12.1 Å². The van der Waals surface area contributed by atoms with Gasteiger partial charge in [-0.25, -0.2) is 9.37 Å². The summed E-state index contributed by atoms with van der Waals surface area (Å²) in [5.41, 5.74) is 6.04. The van der Waals surface area contributed by atoms with Crippen LogP contribution in [0.1, 0.15) is 5.01 Å².